The van der Waals surface area contributed by atoms with E-state index in [0.717, 1.165) is 0 Å². The number of fused-ring (bicyclic) bond motifs is 1. The van der Waals surface area contributed by atoms with Crippen LogP contribution in [0.25, 0.3) is 11.1 Å². The van der Waals surface area contributed by atoms with Gasteiger partial charge in [0.1, 0.15) is 5.52 Å². The number of benzene rings is 1. The first kappa shape index (κ1) is 14.3. The second-order valence-corrected chi connectivity index (χ2v) is 5.09. The van der Waals surface area contributed by atoms with Gasteiger partial charge >= 0.3 is 0 Å². The fraction of sp³-hybridized carbons (Fsp3) is 0.462. The number of nitro groups is 1. The van der Waals surface area contributed by atoms with Gasteiger partial charge in [-0.3, -0.25) is 10.1 Å². The van der Waals surface area contributed by atoms with Crippen LogP contribution in [0.1, 0.15) is 20.3 Å². The summed E-state index contributed by atoms with van der Waals surface area (Å²) in [6, 6.07) is 4.50. The molecule has 0 aliphatic heterocycles. The van der Waals surface area contributed by atoms with Crippen molar-refractivity contribution < 1.29 is 14.4 Å². The molecule has 1 unspecified atom stereocenters. The molecule has 0 bridgehead atoms. The summed E-state index contributed by atoms with van der Waals surface area (Å²) in [6.07, 6.45) is 0.193. The lowest BCUT2D eigenvalue weighted by Gasteiger charge is -2.12. The van der Waals surface area contributed by atoms with E-state index in [-0.39, 0.29) is 11.7 Å². The van der Waals surface area contributed by atoms with Crippen LogP contribution in [0.15, 0.2) is 22.6 Å². The molecule has 0 aliphatic rings. The van der Waals surface area contributed by atoms with Crippen LogP contribution in [0.3, 0.4) is 0 Å². The molecule has 7 nitrogen and oxygen atoms in total. The van der Waals surface area contributed by atoms with E-state index < -0.39 is 11.0 Å². The summed E-state index contributed by atoms with van der Waals surface area (Å²) >= 11 is 0. The Labute approximate surface area is 115 Å². The standard InChI is InChI=1S/C13H17N3O4/c1-8(2)5-10(17)7-14-13-15-11-4-3-9(16(18)19)6-12(11)20-13/h3-4,6,8,10,17H,5,7H2,1-2H3,(H,14,15). The molecule has 1 heterocycles. The maximum absolute atomic E-state index is 10.7. The Bertz CT molecular complexity index is 609. The van der Waals surface area contributed by atoms with Crippen molar-refractivity contribution in [2.75, 3.05) is 11.9 Å². The third-order valence-electron chi connectivity index (χ3n) is 2.82. The minimum absolute atomic E-state index is 0.0416. The van der Waals surface area contributed by atoms with E-state index in [4.69, 9.17) is 4.42 Å². The Morgan fingerprint density at radius 3 is 2.90 bits per heavy atom. The average Bonchev–Trinajstić information content (AvgIpc) is 2.77. The van der Waals surface area contributed by atoms with Gasteiger partial charge in [-0.15, -0.1) is 0 Å². The number of aliphatic hydroxyl groups is 1. The zero-order valence-corrected chi connectivity index (χ0v) is 11.4. The number of aliphatic hydroxyl groups excluding tert-OH is 1. The van der Waals surface area contributed by atoms with Gasteiger partial charge in [0.05, 0.1) is 17.1 Å². The molecule has 7 heteroatoms. The fourth-order valence-electron chi connectivity index (χ4n) is 1.94. The van der Waals surface area contributed by atoms with Crippen LogP contribution in [-0.2, 0) is 0 Å². The van der Waals surface area contributed by atoms with Gasteiger partial charge in [0.25, 0.3) is 11.7 Å². The van der Waals surface area contributed by atoms with Crippen LogP contribution in [0.4, 0.5) is 11.7 Å². The number of hydrogen-bond acceptors (Lipinski definition) is 6. The number of aromatic nitrogens is 1. The zero-order valence-electron chi connectivity index (χ0n) is 11.4. The number of nitrogens with zero attached hydrogens (tertiary/aromatic N) is 2. The quantitative estimate of drug-likeness (QED) is 0.622. The van der Waals surface area contributed by atoms with E-state index in [0.29, 0.717) is 30.0 Å². The van der Waals surface area contributed by atoms with E-state index in [9.17, 15) is 15.2 Å². The molecule has 0 saturated heterocycles. The lowest BCUT2D eigenvalue weighted by molar-refractivity contribution is -0.384. The Morgan fingerprint density at radius 2 is 2.25 bits per heavy atom. The van der Waals surface area contributed by atoms with Crippen molar-refractivity contribution >= 4 is 22.8 Å². The molecule has 0 spiro atoms. The molecule has 2 N–H and O–H groups in total. The van der Waals surface area contributed by atoms with E-state index in [1.165, 1.54) is 18.2 Å². The number of hydrogen-bond donors (Lipinski definition) is 2. The van der Waals surface area contributed by atoms with Crippen molar-refractivity contribution in [1.82, 2.24) is 4.98 Å². The zero-order chi connectivity index (χ0) is 14.7. The first-order valence-corrected chi connectivity index (χ1v) is 6.42. The Hall–Kier alpha value is -2.15. The van der Waals surface area contributed by atoms with Crippen LogP contribution >= 0.6 is 0 Å². The largest absolute Gasteiger partial charge is 0.423 e. The van der Waals surface area contributed by atoms with Gasteiger partial charge in [0, 0.05) is 12.6 Å². The van der Waals surface area contributed by atoms with Crippen LogP contribution in [0, 0.1) is 16.0 Å². The smallest absolute Gasteiger partial charge is 0.295 e. The highest BCUT2D eigenvalue weighted by Gasteiger charge is 2.13. The number of anilines is 1. The number of oxazole rings is 1. The minimum Gasteiger partial charge on any atom is -0.423 e. The predicted octanol–water partition coefficient (Wildman–Crippen LogP) is 2.55. The molecule has 0 saturated carbocycles. The molecule has 1 atom stereocenters. The summed E-state index contributed by atoms with van der Waals surface area (Å²) in [5, 5.41) is 23.3. The molecule has 1 aromatic heterocycles. The van der Waals surface area contributed by atoms with Gasteiger partial charge in [-0.05, 0) is 18.4 Å². The van der Waals surface area contributed by atoms with Crippen molar-refractivity contribution in [3.63, 3.8) is 0 Å². The highest BCUT2D eigenvalue weighted by molar-refractivity contribution is 5.77. The van der Waals surface area contributed by atoms with Crippen molar-refractivity contribution in [2.24, 2.45) is 5.92 Å². The minimum atomic E-state index is -0.487. The second-order valence-electron chi connectivity index (χ2n) is 5.09. The summed E-state index contributed by atoms with van der Waals surface area (Å²) in [5.74, 6) is 0.401. The first-order chi connectivity index (χ1) is 9.45. The van der Waals surface area contributed by atoms with Crippen LogP contribution in [0.2, 0.25) is 0 Å². The monoisotopic (exact) mass is 279 g/mol. The highest BCUT2D eigenvalue weighted by Crippen LogP contribution is 2.23. The van der Waals surface area contributed by atoms with Gasteiger partial charge in [0.15, 0.2) is 5.58 Å². The first-order valence-electron chi connectivity index (χ1n) is 6.42. The summed E-state index contributed by atoms with van der Waals surface area (Å²) < 4.78 is 5.38. The van der Waals surface area contributed by atoms with Crippen molar-refractivity contribution in [3.8, 4) is 0 Å². The van der Waals surface area contributed by atoms with E-state index in [2.05, 4.69) is 10.3 Å². The van der Waals surface area contributed by atoms with Crippen LogP contribution < -0.4 is 5.32 Å². The third kappa shape index (κ3) is 3.45. The highest BCUT2D eigenvalue weighted by atomic mass is 16.6. The van der Waals surface area contributed by atoms with Crippen molar-refractivity contribution in [1.29, 1.82) is 0 Å². The Kier molecular flexibility index (Phi) is 4.19. The normalized spacial score (nSPS) is 12.8. The SMILES string of the molecule is CC(C)CC(O)CNc1nc2ccc([N+](=O)[O-])cc2o1. The second kappa shape index (κ2) is 5.87. The lowest BCUT2D eigenvalue weighted by Crippen LogP contribution is -2.21. The maximum Gasteiger partial charge on any atom is 0.295 e. The van der Waals surface area contributed by atoms with Gasteiger partial charge in [-0.25, -0.2) is 0 Å². The fourth-order valence-corrected chi connectivity index (χ4v) is 1.94. The van der Waals surface area contributed by atoms with Gasteiger partial charge in [-0.2, -0.15) is 4.98 Å². The summed E-state index contributed by atoms with van der Waals surface area (Å²) in [5.41, 5.74) is 0.844. The Balaban J connectivity index is 2.06. The summed E-state index contributed by atoms with van der Waals surface area (Å²) in [7, 11) is 0. The molecule has 0 amide bonds. The van der Waals surface area contributed by atoms with Gasteiger partial charge in [-0.1, -0.05) is 13.8 Å². The predicted molar refractivity (Wildman–Crippen MR) is 74.6 cm³/mol. The van der Waals surface area contributed by atoms with E-state index >= 15 is 0 Å². The van der Waals surface area contributed by atoms with Gasteiger partial charge in [0.2, 0.25) is 0 Å². The molecule has 0 aliphatic carbocycles. The molecule has 1 aromatic carbocycles. The molecule has 0 fully saturated rings. The molecular formula is C13H17N3O4. The molecule has 2 rings (SSSR count). The van der Waals surface area contributed by atoms with E-state index in [1.807, 2.05) is 13.8 Å². The number of non-ortho nitro benzene ring substituents is 1. The topological polar surface area (TPSA) is 101 Å². The number of nitrogens with one attached hydrogen (secondary N) is 1. The Morgan fingerprint density at radius 1 is 1.50 bits per heavy atom. The number of rotatable bonds is 6. The maximum atomic E-state index is 10.7. The molecular weight excluding hydrogens is 262 g/mol. The lowest BCUT2D eigenvalue weighted by atomic mass is 10.1. The van der Waals surface area contributed by atoms with Gasteiger partial charge < -0.3 is 14.8 Å². The number of nitro benzene ring substituents is 1. The third-order valence-corrected chi connectivity index (χ3v) is 2.82. The van der Waals surface area contributed by atoms with Crippen molar-refractivity contribution in [3.05, 3.63) is 28.3 Å². The molecule has 2 aromatic rings. The summed E-state index contributed by atoms with van der Waals surface area (Å²) in [6.45, 7) is 4.39. The molecule has 20 heavy (non-hydrogen) atoms. The molecule has 108 valence electrons. The van der Waals surface area contributed by atoms with Crippen LogP contribution in [-0.4, -0.2) is 27.7 Å². The van der Waals surface area contributed by atoms with Crippen LogP contribution in [0.5, 0.6) is 0 Å². The van der Waals surface area contributed by atoms with Crippen molar-refractivity contribution in [2.45, 2.75) is 26.4 Å². The average molecular weight is 279 g/mol. The summed E-state index contributed by atoms with van der Waals surface area (Å²) in [4.78, 5) is 14.3. The molecule has 0 radical (unpaired) electrons. The van der Waals surface area contributed by atoms with E-state index in [1.54, 1.807) is 0 Å².